The maximum Gasteiger partial charge on any atom is 0.343 e. The molecule has 0 fully saturated rings. The van der Waals surface area contributed by atoms with Crippen molar-refractivity contribution >= 4 is 106 Å². The van der Waals surface area contributed by atoms with Gasteiger partial charge in [0.25, 0.3) is 0 Å². The summed E-state index contributed by atoms with van der Waals surface area (Å²) in [4.78, 5) is 7.87. The highest BCUT2D eigenvalue weighted by Gasteiger charge is 2.49. The Hall–Kier alpha value is -7.02. The van der Waals surface area contributed by atoms with E-state index in [1.54, 1.807) is 0 Å². The highest BCUT2D eigenvalue weighted by molar-refractivity contribution is 7.32. The fraction of sp³-hybridized carbons (Fsp3) is 0.265. The molecule has 4 heterocycles. The van der Waals surface area contributed by atoms with Crippen LogP contribution in [0.2, 0.25) is 0 Å². The van der Waals surface area contributed by atoms with Gasteiger partial charge in [0.15, 0.2) is 0 Å². The summed E-state index contributed by atoms with van der Waals surface area (Å²) in [6.45, 7) is 18.7. The molecule has 0 spiro atoms. The Bertz CT molecular complexity index is 3790. The summed E-state index contributed by atoms with van der Waals surface area (Å²) in [5.41, 5.74) is 23.4. The van der Waals surface area contributed by atoms with E-state index in [-0.39, 0.29) is 17.7 Å². The standard InChI is InChI=1S/C68H66BN3OS/c1-9-11-21-45-27-30-47(31-28-45)72-58-41-49(70(56-24-16-13-19-43(56)3)57-25-17-14-20-44(57)4)32-34-51(58)62-63-59(42-52-50-23-15-18-26-60(50)73-65(52)62)71(48-33-35-54-55(40-48)68(7,8)38-37-67(54,5)6)64-53-39-46(22-12-10-2)29-36-61(53)74-66(64)69(63)72/h13-20,23-36,39-42H,9-12,21-22,37-38H2,1-8H3. The topological polar surface area (TPSA) is 22.9 Å². The van der Waals surface area contributed by atoms with Gasteiger partial charge in [0, 0.05) is 76.6 Å². The Morgan fingerprint density at radius 1 is 0.595 bits per heavy atom. The lowest BCUT2D eigenvalue weighted by atomic mass is 9.46. The number of aryl methyl sites for hydroxylation is 4. The molecule has 8 aromatic carbocycles. The van der Waals surface area contributed by atoms with Crippen molar-refractivity contribution in [2.75, 3.05) is 14.6 Å². The number of rotatable bonds is 11. The van der Waals surface area contributed by atoms with E-state index in [0.717, 1.165) is 46.9 Å². The number of hydrogen-bond acceptors (Lipinski definition) is 5. The maximum atomic E-state index is 7.24. The molecule has 0 amide bonds. The van der Waals surface area contributed by atoms with Crippen LogP contribution in [0.3, 0.4) is 0 Å². The van der Waals surface area contributed by atoms with Crippen molar-refractivity contribution < 1.29 is 4.42 Å². The predicted molar refractivity (Wildman–Crippen MR) is 319 cm³/mol. The molecule has 13 rings (SSSR count). The van der Waals surface area contributed by atoms with Crippen LogP contribution < -0.4 is 24.9 Å². The summed E-state index contributed by atoms with van der Waals surface area (Å²) in [5.74, 6) is 0. The minimum atomic E-state index is -0.164. The molecule has 4 nitrogen and oxygen atoms in total. The van der Waals surface area contributed by atoms with Crippen LogP contribution in [0.25, 0.3) is 43.2 Å². The minimum Gasteiger partial charge on any atom is -0.455 e. The molecule has 0 unspecified atom stereocenters. The summed E-state index contributed by atoms with van der Waals surface area (Å²) < 4.78 is 9.92. The molecule has 0 atom stereocenters. The Morgan fingerprint density at radius 3 is 1.96 bits per heavy atom. The Labute approximate surface area is 442 Å². The van der Waals surface area contributed by atoms with Crippen LogP contribution in [0.1, 0.15) is 113 Å². The smallest absolute Gasteiger partial charge is 0.343 e. The molecule has 0 N–H and O–H groups in total. The van der Waals surface area contributed by atoms with E-state index < -0.39 is 0 Å². The van der Waals surface area contributed by atoms with Gasteiger partial charge in [0.05, 0.1) is 5.69 Å². The Kier molecular flexibility index (Phi) is 11.3. The molecular weight excluding hydrogens is 918 g/mol. The van der Waals surface area contributed by atoms with Gasteiger partial charge in [-0.25, -0.2) is 0 Å². The SMILES string of the molecule is CCCCc1ccc(N2B3c4sc5ccc(CCCC)cc5c4N(c4ccc5c(c4)C(C)(C)CCC5(C)C)c4cc5c(oc6ccccc65)c(c43)-c3ccc(N(c4ccccc4C)c4ccccc4C)cc32)cc1. The predicted octanol–water partition coefficient (Wildman–Crippen LogP) is 18.6. The number of furan rings is 1. The molecule has 368 valence electrons. The molecule has 0 radical (unpaired) electrons. The van der Waals surface area contributed by atoms with Gasteiger partial charge in [-0.3, -0.25) is 0 Å². The highest BCUT2D eigenvalue weighted by Crippen LogP contribution is 2.55. The van der Waals surface area contributed by atoms with Gasteiger partial charge in [-0.05, 0) is 175 Å². The Balaban J connectivity index is 1.16. The summed E-state index contributed by atoms with van der Waals surface area (Å²) in [7, 11) is 0. The largest absolute Gasteiger partial charge is 0.455 e. The summed E-state index contributed by atoms with van der Waals surface area (Å²) in [6.07, 6.45) is 9.16. The molecule has 2 aliphatic heterocycles. The summed E-state index contributed by atoms with van der Waals surface area (Å²) in [6, 6.07) is 60.5. The Morgan fingerprint density at radius 2 is 1.24 bits per heavy atom. The van der Waals surface area contributed by atoms with E-state index in [1.165, 1.54) is 137 Å². The summed E-state index contributed by atoms with van der Waals surface area (Å²) >= 11 is 1.98. The molecule has 10 aromatic rings. The van der Waals surface area contributed by atoms with E-state index in [2.05, 4.69) is 228 Å². The van der Waals surface area contributed by atoms with Crippen molar-refractivity contribution in [2.45, 2.75) is 118 Å². The minimum absolute atomic E-state index is 0.0391. The fourth-order valence-corrected chi connectivity index (χ4v) is 14.2. The first kappa shape index (κ1) is 46.7. The zero-order valence-corrected chi connectivity index (χ0v) is 45.2. The number of unbranched alkanes of at least 4 members (excludes halogenated alkanes) is 2. The lowest BCUT2D eigenvalue weighted by Gasteiger charge is -2.46. The van der Waals surface area contributed by atoms with Crippen molar-refractivity contribution in [2.24, 2.45) is 0 Å². The lowest BCUT2D eigenvalue weighted by molar-refractivity contribution is 0.332. The first-order valence-electron chi connectivity index (χ1n) is 27.4. The van der Waals surface area contributed by atoms with Crippen molar-refractivity contribution in [1.29, 1.82) is 0 Å². The molecule has 2 aromatic heterocycles. The van der Waals surface area contributed by atoms with Gasteiger partial charge < -0.3 is 19.0 Å². The van der Waals surface area contributed by atoms with Gasteiger partial charge >= 0.3 is 6.85 Å². The van der Waals surface area contributed by atoms with E-state index in [0.29, 0.717) is 0 Å². The van der Waals surface area contributed by atoms with Crippen molar-refractivity contribution in [3.63, 3.8) is 0 Å². The van der Waals surface area contributed by atoms with Crippen LogP contribution >= 0.6 is 11.3 Å². The lowest BCUT2D eigenvalue weighted by Crippen LogP contribution is -2.60. The highest BCUT2D eigenvalue weighted by atomic mass is 32.1. The number of benzene rings is 8. The number of para-hydroxylation sites is 3. The number of nitrogens with zero attached hydrogens (tertiary/aromatic N) is 3. The van der Waals surface area contributed by atoms with Gasteiger partial charge in [0.1, 0.15) is 11.2 Å². The van der Waals surface area contributed by atoms with Crippen LogP contribution in [0.4, 0.5) is 45.5 Å². The average Bonchev–Trinajstić information content (AvgIpc) is 3.99. The van der Waals surface area contributed by atoms with E-state index in [9.17, 15) is 0 Å². The van der Waals surface area contributed by atoms with Crippen LogP contribution in [0.5, 0.6) is 0 Å². The number of hydrogen-bond donors (Lipinski definition) is 0. The van der Waals surface area contributed by atoms with Crippen molar-refractivity contribution in [3.05, 3.63) is 191 Å². The maximum absolute atomic E-state index is 7.24. The number of anilines is 8. The number of thiophene rings is 1. The third-order valence-corrected chi connectivity index (χ3v) is 18.3. The molecule has 6 heteroatoms. The second kappa shape index (κ2) is 17.8. The van der Waals surface area contributed by atoms with Gasteiger partial charge in [-0.15, -0.1) is 11.3 Å². The molecule has 74 heavy (non-hydrogen) atoms. The van der Waals surface area contributed by atoms with E-state index in [1.807, 2.05) is 11.3 Å². The monoisotopic (exact) mass is 984 g/mol. The first-order chi connectivity index (χ1) is 35.9. The second-order valence-electron chi connectivity index (χ2n) is 22.9. The second-order valence-corrected chi connectivity index (χ2v) is 24.0. The van der Waals surface area contributed by atoms with Crippen LogP contribution in [-0.4, -0.2) is 6.85 Å². The van der Waals surface area contributed by atoms with Crippen molar-refractivity contribution in [1.82, 2.24) is 0 Å². The van der Waals surface area contributed by atoms with E-state index >= 15 is 0 Å². The number of fused-ring (bicyclic) bond motifs is 11. The van der Waals surface area contributed by atoms with Gasteiger partial charge in [-0.2, -0.15) is 0 Å². The quantitative estimate of drug-likeness (QED) is 0.120. The summed E-state index contributed by atoms with van der Waals surface area (Å²) in [5, 5.41) is 3.62. The van der Waals surface area contributed by atoms with Crippen LogP contribution in [0.15, 0.2) is 162 Å². The zero-order valence-electron chi connectivity index (χ0n) is 44.4. The molecule has 1 aliphatic carbocycles. The first-order valence-corrected chi connectivity index (χ1v) is 28.2. The molecule has 3 aliphatic rings. The van der Waals surface area contributed by atoms with E-state index in [4.69, 9.17) is 4.42 Å². The third-order valence-electron chi connectivity index (χ3n) is 17.1. The molecule has 0 bridgehead atoms. The van der Waals surface area contributed by atoms with Gasteiger partial charge in [0.2, 0.25) is 0 Å². The van der Waals surface area contributed by atoms with Gasteiger partial charge in [-0.1, -0.05) is 139 Å². The fourth-order valence-electron chi connectivity index (χ4n) is 12.9. The third kappa shape index (κ3) is 7.37. The average molecular weight is 984 g/mol. The van der Waals surface area contributed by atoms with Crippen LogP contribution in [-0.2, 0) is 23.7 Å². The van der Waals surface area contributed by atoms with Crippen molar-refractivity contribution in [3.8, 4) is 11.1 Å². The molecular formula is C68H66BN3OS. The zero-order chi connectivity index (χ0) is 50.6. The molecule has 0 saturated heterocycles. The van der Waals surface area contributed by atoms with Crippen LogP contribution in [0, 0.1) is 13.8 Å². The molecule has 0 saturated carbocycles. The normalized spacial score (nSPS) is 15.1.